The summed E-state index contributed by atoms with van der Waals surface area (Å²) in [5.74, 6) is -0.310. The average Bonchev–Trinajstić information content (AvgIpc) is 3.02. The molecule has 154 valence electrons. The molecule has 8 nitrogen and oxygen atoms in total. The highest BCUT2D eigenvalue weighted by Crippen LogP contribution is 2.32. The summed E-state index contributed by atoms with van der Waals surface area (Å²) < 4.78 is 5.33. The third kappa shape index (κ3) is 3.92. The lowest BCUT2D eigenvalue weighted by Gasteiger charge is -2.28. The van der Waals surface area contributed by atoms with Gasteiger partial charge in [-0.3, -0.25) is 14.9 Å². The van der Waals surface area contributed by atoms with Crippen molar-refractivity contribution in [1.29, 1.82) is 0 Å². The number of morpholine rings is 1. The SMILES string of the molecule is CC1=NN(c2cccc(Cl)c2)C(=O)C1=Cc1ccc(N2CCOCC2)c([N+](=O)[O-])c1. The average molecular weight is 427 g/mol. The maximum Gasteiger partial charge on any atom is 0.293 e. The molecule has 2 aromatic carbocycles. The van der Waals surface area contributed by atoms with Gasteiger partial charge >= 0.3 is 0 Å². The van der Waals surface area contributed by atoms with Crippen molar-refractivity contribution in [2.75, 3.05) is 36.2 Å². The van der Waals surface area contributed by atoms with E-state index in [0.29, 0.717) is 59.5 Å². The van der Waals surface area contributed by atoms with Gasteiger partial charge in [0.2, 0.25) is 0 Å². The van der Waals surface area contributed by atoms with E-state index in [-0.39, 0.29) is 11.6 Å². The number of benzene rings is 2. The molecule has 2 aliphatic rings. The van der Waals surface area contributed by atoms with Crippen LogP contribution < -0.4 is 9.91 Å². The molecule has 1 saturated heterocycles. The number of carbonyl (C=O) groups excluding carboxylic acids is 1. The Hall–Kier alpha value is -3.23. The molecule has 0 atom stereocenters. The van der Waals surface area contributed by atoms with Gasteiger partial charge < -0.3 is 9.64 Å². The molecule has 1 amide bonds. The molecular weight excluding hydrogens is 408 g/mol. The molecule has 9 heteroatoms. The first-order valence-electron chi connectivity index (χ1n) is 9.42. The van der Waals surface area contributed by atoms with Crippen molar-refractivity contribution in [3.63, 3.8) is 0 Å². The van der Waals surface area contributed by atoms with Gasteiger partial charge in [-0.1, -0.05) is 23.7 Å². The van der Waals surface area contributed by atoms with Crippen molar-refractivity contribution >= 4 is 46.4 Å². The maximum absolute atomic E-state index is 12.9. The van der Waals surface area contributed by atoms with Crippen molar-refractivity contribution in [2.24, 2.45) is 5.10 Å². The number of carbonyl (C=O) groups is 1. The Balaban J connectivity index is 1.66. The molecule has 1 fully saturated rings. The molecule has 0 unspecified atom stereocenters. The topological polar surface area (TPSA) is 88.3 Å². The molecule has 0 N–H and O–H groups in total. The number of ether oxygens (including phenoxy) is 1. The fourth-order valence-electron chi connectivity index (χ4n) is 3.48. The minimum atomic E-state index is -0.400. The first-order chi connectivity index (χ1) is 14.4. The number of rotatable bonds is 4. The molecule has 0 saturated carbocycles. The molecule has 2 heterocycles. The Kier molecular flexibility index (Phi) is 5.52. The Morgan fingerprint density at radius 1 is 1.20 bits per heavy atom. The van der Waals surface area contributed by atoms with E-state index in [1.54, 1.807) is 49.4 Å². The standard InChI is InChI=1S/C21H19ClN4O4/c1-14-18(21(27)25(23-14)17-4-2-3-16(22)13-17)11-15-5-6-19(20(12-15)26(28)29)24-7-9-30-10-8-24/h2-6,11-13H,7-10H2,1H3. The second-order valence-corrected chi connectivity index (χ2v) is 7.38. The molecule has 2 aliphatic heterocycles. The second-order valence-electron chi connectivity index (χ2n) is 6.94. The molecule has 0 radical (unpaired) electrons. The molecular formula is C21H19ClN4O4. The van der Waals surface area contributed by atoms with E-state index in [2.05, 4.69) is 5.10 Å². The number of hydrazone groups is 1. The maximum atomic E-state index is 12.9. The van der Waals surface area contributed by atoms with Crippen LogP contribution in [0.25, 0.3) is 6.08 Å². The summed E-state index contributed by atoms with van der Waals surface area (Å²) in [5, 5.41) is 17.8. The third-order valence-electron chi connectivity index (χ3n) is 4.97. The Bertz CT molecular complexity index is 1080. The molecule has 0 aliphatic carbocycles. The van der Waals surface area contributed by atoms with Gasteiger partial charge in [0.1, 0.15) is 5.69 Å². The van der Waals surface area contributed by atoms with Crippen LogP contribution >= 0.6 is 11.6 Å². The van der Waals surface area contributed by atoms with Gasteiger partial charge in [-0.2, -0.15) is 10.1 Å². The molecule has 0 spiro atoms. The van der Waals surface area contributed by atoms with Crippen molar-refractivity contribution in [2.45, 2.75) is 6.92 Å². The van der Waals surface area contributed by atoms with E-state index < -0.39 is 4.92 Å². The Morgan fingerprint density at radius 3 is 2.67 bits per heavy atom. The number of nitrogens with zero attached hydrogens (tertiary/aromatic N) is 4. The lowest BCUT2D eigenvalue weighted by molar-refractivity contribution is -0.384. The number of anilines is 2. The van der Waals surface area contributed by atoms with Crippen molar-refractivity contribution < 1.29 is 14.5 Å². The van der Waals surface area contributed by atoms with Crippen LogP contribution in [-0.2, 0) is 9.53 Å². The monoisotopic (exact) mass is 426 g/mol. The van der Waals surface area contributed by atoms with Crippen LogP contribution in [0, 0.1) is 10.1 Å². The lowest BCUT2D eigenvalue weighted by atomic mass is 10.1. The highest BCUT2D eigenvalue weighted by atomic mass is 35.5. The van der Waals surface area contributed by atoms with Gasteiger partial charge in [-0.05, 0) is 42.8 Å². The molecule has 30 heavy (non-hydrogen) atoms. The van der Waals surface area contributed by atoms with Crippen LogP contribution in [-0.4, -0.2) is 42.8 Å². The van der Waals surface area contributed by atoms with E-state index >= 15 is 0 Å². The fourth-order valence-corrected chi connectivity index (χ4v) is 3.67. The summed E-state index contributed by atoms with van der Waals surface area (Å²) in [6.07, 6.45) is 1.63. The summed E-state index contributed by atoms with van der Waals surface area (Å²) in [5.41, 5.74) is 2.57. The van der Waals surface area contributed by atoms with Gasteiger partial charge in [0.25, 0.3) is 11.6 Å². The van der Waals surface area contributed by atoms with E-state index in [1.165, 1.54) is 11.1 Å². The zero-order valence-corrected chi connectivity index (χ0v) is 17.0. The molecule has 4 rings (SSSR count). The minimum absolute atomic E-state index is 0.00187. The van der Waals surface area contributed by atoms with Crippen LogP contribution in [0.3, 0.4) is 0 Å². The summed E-state index contributed by atoms with van der Waals surface area (Å²) >= 11 is 6.02. The van der Waals surface area contributed by atoms with Crippen LogP contribution in [0.2, 0.25) is 5.02 Å². The molecule has 0 aromatic heterocycles. The number of hydrogen-bond donors (Lipinski definition) is 0. The number of nitro groups is 1. The van der Waals surface area contributed by atoms with E-state index in [1.807, 2.05) is 4.90 Å². The quantitative estimate of drug-likeness (QED) is 0.420. The summed E-state index contributed by atoms with van der Waals surface area (Å²) in [6, 6.07) is 11.8. The Labute approximate surface area is 178 Å². The number of nitro benzene ring substituents is 1. The highest BCUT2D eigenvalue weighted by molar-refractivity contribution is 6.33. The first kappa shape index (κ1) is 20.1. The van der Waals surface area contributed by atoms with Crippen LogP contribution in [0.1, 0.15) is 12.5 Å². The van der Waals surface area contributed by atoms with Crippen LogP contribution in [0.4, 0.5) is 17.1 Å². The zero-order chi connectivity index (χ0) is 21.3. The molecule has 2 aromatic rings. The van der Waals surface area contributed by atoms with E-state index in [9.17, 15) is 14.9 Å². The van der Waals surface area contributed by atoms with Crippen LogP contribution in [0.15, 0.2) is 53.1 Å². The van der Waals surface area contributed by atoms with E-state index in [0.717, 1.165) is 0 Å². The van der Waals surface area contributed by atoms with Gasteiger partial charge in [-0.15, -0.1) is 0 Å². The highest BCUT2D eigenvalue weighted by Gasteiger charge is 2.29. The normalized spacial score (nSPS) is 18.1. The number of halogens is 1. The summed E-state index contributed by atoms with van der Waals surface area (Å²) in [4.78, 5) is 26.1. The molecule has 0 bridgehead atoms. The van der Waals surface area contributed by atoms with Gasteiger partial charge in [0, 0.05) is 24.2 Å². The largest absolute Gasteiger partial charge is 0.378 e. The zero-order valence-electron chi connectivity index (χ0n) is 16.2. The van der Waals surface area contributed by atoms with Crippen molar-refractivity contribution in [1.82, 2.24) is 0 Å². The lowest BCUT2D eigenvalue weighted by Crippen LogP contribution is -2.36. The van der Waals surface area contributed by atoms with Gasteiger partial charge in [0.15, 0.2) is 0 Å². The number of amides is 1. The van der Waals surface area contributed by atoms with Gasteiger partial charge in [0.05, 0.1) is 35.1 Å². The van der Waals surface area contributed by atoms with Crippen LogP contribution in [0.5, 0.6) is 0 Å². The third-order valence-corrected chi connectivity index (χ3v) is 5.21. The summed E-state index contributed by atoms with van der Waals surface area (Å²) in [6.45, 7) is 3.99. The number of hydrogen-bond acceptors (Lipinski definition) is 6. The second kappa shape index (κ2) is 8.25. The van der Waals surface area contributed by atoms with Crippen molar-refractivity contribution in [3.05, 3.63) is 68.7 Å². The van der Waals surface area contributed by atoms with Crippen molar-refractivity contribution in [3.8, 4) is 0 Å². The fraction of sp³-hybridized carbons (Fsp3) is 0.238. The van der Waals surface area contributed by atoms with Gasteiger partial charge in [-0.25, -0.2) is 0 Å². The summed E-state index contributed by atoms with van der Waals surface area (Å²) in [7, 11) is 0. The predicted molar refractivity (Wildman–Crippen MR) is 116 cm³/mol. The Morgan fingerprint density at radius 2 is 1.97 bits per heavy atom. The smallest absolute Gasteiger partial charge is 0.293 e. The predicted octanol–water partition coefficient (Wildman–Crippen LogP) is 3.89. The van der Waals surface area contributed by atoms with E-state index in [4.69, 9.17) is 16.3 Å². The first-order valence-corrected chi connectivity index (χ1v) is 9.80. The minimum Gasteiger partial charge on any atom is -0.378 e.